The number of likely N-dealkylation sites (tertiary alicyclic amines) is 1. The minimum atomic E-state index is 0.283. The summed E-state index contributed by atoms with van der Waals surface area (Å²) in [6.45, 7) is 2.87. The summed E-state index contributed by atoms with van der Waals surface area (Å²) in [6, 6.07) is 26.5. The Hall–Kier alpha value is -2.43. The fraction of sp³-hybridized carbons (Fsp3) is 0.217. The molecule has 0 bridgehead atoms. The van der Waals surface area contributed by atoms with Gasteiger partial charge in [-0.1, -0.05) is 30.3 Å². The van der Waals surface area contributed by atoms with Gasteiger partial charge in [0.1, 0.15) is 23.4 Å². The normalized spacial score (nSPS) is 14.6. The van der Waals surface area contributed by atoms with Crippen molar-refractivity contribution in [3.63, 3.8) is 0 Å². The molecule has 0 unspecified atom stereocenters. The van der Waals surface area contributed by atoms with E-state index >= 15 is 0 Å². The lowest BCUT2D eigenvalue weighted by Crippen LogP contribution is -2.53. The van der Waals surface area contributed by atoms with Crippen molar-refractivity contribution in [1.82, 2.24) is 4.90 Å². The molecule has 0 amide bonds. The predicted molar refractivity (Wildman–Crippen MR) is 111 cm³/mol. The van der Waals surface area contributed by atoms with E-state index in [1.807, 2.05) is 42.5 Å². The molecule has 138 valence electrons. The van der Waals surface area contributed by atoms with Crippen LogP contribution in [0.4, 0.5) is 0 Å². The van der Waals surface area contributed by atoms with Crippen LogP contribution in [-0.4, -0.2) is 30.3 Å². The van der Waals surface area contributed by atoms with E-state index in [0.29, 0.717) is 0 Å². The van der Waals surface area contributed by atoms with Crippen LogP contribution in [-0.2, 0) is 6.54 Å². The molecule has 0 aromatic heterocycles. The molecule has 0 spiro atoms. The molecule has 0 N–H and O–H groups in total. The standard InChI is InChI=1S/C23H23NO2S/c1-27-23-13-11-21(12-14-23)26-22-16-24(17-22)15-18-7-9-20(10-8-18)25-19-5-3-2-4-6-19/h2-14,22H,15-17H2,1H3. The fourth-order valence-electron chi connectivity index (χ4n) is 3.12. The summed E-state index contributed by atoms with van der Waals surface area (Å²) in [5.41, 5.74) is 1.29. The van der Waals surface area contributed by atoms with Crippen molar-refractivity contribution in [2.75, 3.05) is 19.3 Å². The second-order valence-electron chi connectivity index (χ2n) is 6.67. The first-order chi connectivity index (χ1) is 13.3. The van der Waals surface area contributed by atoms with E-state index in [2.05, 4.69) is 47.6 Å². The Morgan fingerprint density at radius 3 is 2.11 bits per heavy atom. The number of rotatable bonds is 7. The number of benzene rings is 3. The maximum Gasteiger partial charge on any atom is 0.127 e. The number of nitrogens with zero attached hydrogens (tertiary/aromatic N) is 1. The van der Waals surface area contributed by atoms with E-state index in [1.54, 1.807) is 11.8 Å². The van der Waals surface area contributed by atoms with Gasteiger partial charge in [0.05, 0.1) is 0 Å². The molecule has 1 heterocycles. The van der Waals surface area contributed by atoms with Crippen LogP contribution < -0.4 is 9.47 Å². The molecule has 3 aromatic carbocycles. The lowest BCUT2D eigenvalue weighted by atomic mass is 10.1. The Balaban J connectivity index is 1.23. The van der Waals surface area contributed by atoms with Crippen molar-refractivity contribution >= 4 is 11.8 Å². The van der Waals surface area contributed by atoms with Gasteiger partial charge in [0.15, 0.2) is 0 Å². The van der Waals surface area contributed by atoms with E-state index < -0.39 is 0 Å². The summed E-state index contributed by atoms with van der Waals surface area (Å²) in [5, 5.41) is 0. The van der Waals surface area contributed by atoms with Crippen LogP contribution in [0, 0.1) is 0 Å². The third-order valence-electron chi connectivity index (χ3n) is 4.59. The predicted octanol–water partition coefficient (Wildman–Crippen LogP) is 5.46. The average Bonchev–Trinajstić information content (AvgIpc) is 2.69. The summed E-state index contributed by atoms with van der Waals surface area (Å²) >= 11 is 1.75. The van der Waals surface area contributed by atoms with Crippen LogP contribution in [0.3, 0.4) is 0 Å². The zero-order chi connectivity index (χ0) is 18.5. The SMILES string of the molecule is CSc1ccc(OC2CN(Cc3ccc(Oc4ccccc4)cc3)C2)cc1. The minimum absolute atomic E-state index is 0.283. The number of hydrogen-bond donors (Lipinski definition) is 0. The topological polar surface area (TPSA) is 21.7 Å². The molecule has 1 fully saturated rings. The van der Waals surface area contributed by atoms with Crippen LogP contribution >= 0.6 is 11.8 Å². The van der Waals surface area contributed by atoms with Crippen LogP contribution in [0.1, 0.15) is 5.56 Å². The minimum Gasteiger partial charge on any atom is -0.488 e. The molecule has 1 saturated heterocycles. The van der Waals surface area contributed by atoms with Crippen molar-refractivity contribution in [2.24, 2.45) is 0 Å². The van der Waals surface area contributed by atoms with Gasteiger partial charge in [0, 0.05) is 24.5 Å². The van der Waals surface area contributed by atoms with E-state index in [4.69, 9.17) is 9.47 Å². The van der Waals surface area contributed by atoms with Crippen LogP contribution in [0.15, 0.2) is 83.8 Å². The first kappa shape index (κ1) is 18.0. The Morgan fingerprint density at radius 1 is 0.815 bits per heavy atom. The molecule has 1 aliphatic rings. The largest absolute Gasteiger partial charge is 0.488 e. The van der Waals surface area contributed by atoms with Gasteiger partial charge in [0.25, 0.3) is 0 Å². The molecule has 0 atom stereocenters. The third-order valence-corrected chi connectivity index (χ3v) is 5.34. The molecule has 0 aliphatic carbocycles. The molecule has 27 heavy (non-hydrogen) atoms. The molecule has 3 aromatic rings. The lowest BCUT2D eigenvalue weighted by Gasteiger charge is -2.39. The highest BCUT2D eigenvalue weighted by Crippen LogP contribution is 2.24. The number of para-hydroxylation sites is 1. The molecule has 4 rings (SSSR count). The van der Waals surface area contributed by atoms with E-state index in [9.17, 15) is 0 Å². The van der Waals surface area contributed by atoms with Gasteiger partial charge < -0.3 is 9.47 Å². The summed E-state index contributed by atoms with van der Waals surface area (Å²) in [5.74, 6) is 2.68. The van der Waals surface area contributed by atoms with Crippen LogP contribution in [0.2, 0.25) is 0 Å². The van der Waals surface area contributed by atoms with Crippen molar-refractivity contribution in [3.05, 3.63) is 84.4 Å². The smallest absolute Gasteiger partial charge is 0.127 e. The maximum atomic E-state index is 6.03. The number of hydrogen-bond acceptors (Lipinski definition) is 4. The summed E-state index contributed by atoms with van der Waals surface area (Å²) in [4.78, 5) is 3.66. The molecule has 1 aliphatic heterocycles. The van der Waals surface area contributed by atoms with E-state index in [0.717, 1.165) is 36.9 Å². The van der Waals surface area contributed by atoms with Gasteiger partial charge in [-0.2, -0.15) is 0 Å². The van der Waals surface area contributed by atoms with Crippen molar-refractivity contribution in [3.8, 4) is 17.2 Å². The van der Waals surface area contributed by atoms with Gasteiger partial charge in [-0.3, -0.25) is 4.90 Å². The highest BCUT2D eigenvalue weighted by molar-refractivity contribution is 7.98. The Morgan fingerprint density at radius 2 is 1.44 bits per heavy atom. The molecule has 4 heteroatoms. The Bertz CT molecular complexity index is 844. The summed E-state index contributed by atoms with van der Waals surface area (Å²) in [7, 11) is 0. The van der Waals surface area contributed by atoms with Crippen LogP contribution in [0.5, 0.6) is 17.2 Å². The van der Waals surface area contributed by atoms with Crippen molar-refractivity contribution in [1.29, 1.82) is 0 Å². The molecule has 3 nitrogen and oxygen atoms in total. The zero-order valence-corrected chi connectivity index (χ0v) is 16.2. The third kappa shape index (κ3) is 4.85. The average molecular weight is 378 g/mol. The Kier molecular flexibility index (Phi) is 5.66. The first-order valence-electron chi connectivity index (χ1n) is 9.13. The second-order valence-corrected chi connectivity index (χ2v) is 7.55. The highest BCUT2D eigenvalue weighted by atomic mass is 32.2. The van der Waals surface area contributed by atoms with Gasteiger partial charge >= 0.3 is 0 Å². The lowest BCUT2D eigenvalue weighted by molar-refractivity contribution is 0.0145. The molecule has 0 saturated carbocycles. The number of thioether (sulfide) groups is 1. The van der Waals surface area contributed by atoms with Gasteiger partial charge in [-0.15, -0.1) is 11.8 Å². The molecular weight excluding hydrogens is 354 g/mol. The quantitative estimate of drug-likeness (QED) is 0.509. The fourth-order valence-corrected chi connectivity index (χ4v) is 3.53. The van der Waals surface area contributed by atoms with E-state index in [-0.39, 0.29) is 6.10 Å². The van der Waals surface area contributed by atoms with Gasteiger partial charge in [-0.25, -0.2) is 0 Å². The zero-order valence-electron chi connectivity index (χ0n) is 15.4. The van der Waals surface area contributed by atoms with Gasteiger partial charge in [0.2, 0.25) is 0 Å². The van der Waals surface area contributed by atoms with Crippen molar-refractivity contribution in [2.45, 2.75) is 17.5 Å². The molecular formula is C23H23NO2S. The maximum absolute atomic E-state index is 6.03. The number of ether oxygens (including phenoxy) is 2. The summed E-state index contributed by atoms with van der Waals surface area (Å²) in [6.07, 6.45) is 2.37. The molecule has 0 radical (unpaired) electrons. The van der Waals surface area contributed by atoms with Gasteiger partial charge in [-0.05, 0) is 60.4 Å². The van der Waals surface area contributed by atoms with Crippen LogP contribution in [0.25, 0.3) is 0 Å². The highest BCUT2D eigenvalue weighted by Gasteiger charge is 2.28. The van der Waals surface area contributed by atoms with E-state index in [1.165, 1.54) is 10.5 Å². The first-order valence-corrected chi connectivity index (χ1v) is 10.4. The Labute approximate surface area is 164 Å². The monoisotopic (exact) mass is 377 g/mol. The summed E-state index contributed by atoms with van der Waals surface area (Å²) < 4.78 is 11.9. The van der Waals surface area contributed by atoms with Crippen molar-refractivity contribution < 1.29 is 9.47 Å². The second kappa shape index (κ2) is 8.51.